The molecule has 0 aliphatic carbocycles. The maximum Gasteiger partial charge on any atom is 0.205 e. The summed E-state index contributed by atoms with van der Waals surface area (Å²) in [7, 11) is 1.60. The minimum atomic E-state index is -0.116. The summed E-state index contributed by atoms with van der Waals surface area (Å²) in [4.78, 5) is 12.5. The fourth-order valence-corrected chi connectivity index (χ4v) is 3.23. The van der Waals surface area contributed by atoms with Crippen molar-refractivity contribution < 1.29 is 14.3 Å². The van der Waals surface area contributed by atoms with Gasteiger partial charge in [0.1, 0.15) is 12.3 Å². The van der Waals surface area contributed by atoms with Crippen LogP contribution in [0.25, 0.3) is 6.08 Å². The SMILES string of the molecule is CCn1ncc(Br)c1C(=O)/C=C/c1ccc(OCc2ccccc2)c(OC)c1. The summed E-state index contributed by atoms with van der Waals surface area (Å²) in [5.74, 6) is 1.15. The molecule has 144 valence electrons. The topological polar surface area (TPSA) is 53.4 Å². The van der Waals surface area contributed by atoms with Crippen LogP contribution in [0.5, 0.6) is 11.5 Å². The third-order valence-corrected chi connectivity index (χ3v) is 4.76. The number of rotatable bonds is 8. The highest BCUT2D eigenvalue weighted by molar-refractivity contribution is 9.10. The highest BCUT2D eigenvalue weighted by Crippen LogP contribution is 2.29. The third-order valence-electron chi connectivity index (χ3n) is 4.18. The van der Waals surface area contributed by atoms with Gasteiger partial charge in [-0.3, -0.25) is 9.48 Å². The van der Waals surface area contributed by atoms with E-state index in [0.717, 1.165) is 11.1 Å². The fourth-order valence-electron chi connectivity index (χ4n) is 2.74. The average Bonchev–Trinajstić information content (AvgIpc) is 3.12. The Morgan fingerprint density at radius 1 is 1.18 bits per heavy atom. The molecule has 6 heteroatoms. The summed E-state index contributed by atoms with van der Waals surface area (Å²) in [6.07, 6.45) is 4.92. The summed E-state index contributed by atoms with van der Waals surface area (Å²) in [5.41, 5.74) is 2.46. The molecule has 3 rings (SSSR count). The lowest BCUT2D eigenvalue weighted by molar-refractivity contribution is 0.103. The van der Waals surface area contributed by atoms with Gasteiger partial charge in [-0.15, -0.1) is 0 Å². The summed E-state index contributed by atoms with van der Waals surface area (Å²) < 4.78 is 13.7. The van der Waals surface area contributed by atoms with Gasteiger partial charge in [-0.1, -0.05) is 42.5 Å². The Bertz CT molecular complexity index is 981. The van der Waals surface area contributed by atoms with Crippen LogP contribution >= 0.6 is 15.9 Å². The lowest BCUT2D eigenvalue weighted by Gasteiger charge is -2.11. The Hall–Kier alpha value is -2.86. The lowest BCUT2D eigenvalue weighted by atomic mass is 10.1. The first-order valence-electron chi connectivity index (χ1n) is 8.91. The molecular weight excluding hydrogens is 420 g/mol. The number of aryl methyl sites for hydroxylation is 1. The van der Waals surface area contributed by atoms with E-state index < -0.39 is 0 Å². The predicted octanol–water partition coefficient (Wildman–Crippen LogP) is 5.15. The van der Waals surface area contributed by atoms with Gasteiger partial charge in [-0.25, -0.2) is 0 Å². The van der Waals surface area contributed by atoms with Gasteiger partial charge >= 0.3 is 0 Å². The largest absolute Gasteiger partial charge is 0.493 e. The van der Waals surface area contributed by atoms with Gasteiger partial charge in [0.25, 0.3) is 0 Å². The number of halogens is 1. The number of aromatic nitrogens is 2. The zero-order chi connectivity index (χ0) is 19.9. The number of carbonyl (C=O) groups is 1. The average molecular weight is 441 g/mol. The molecule has 0 unspecified atom stereocenters. The van der Waals surface area contributed by atoms with E-state index in [4.69, 9.17) is 9.47 Å². The van der Waals surface area contributed by atoms with Crippen LogP contribution in [-0.4, -0.2) is 22.7 Å². The van der Waals surface area contributed by atoms with Crippen molar-refractivity contribution in [3.63, 3.8) is 0 Å². The number of carbonyl (C=O) groups excluding carboxylic acids is 1. The third kappa shape index (κ3) is 4.70. The summed E-state index contributed by atoms with van der Waals surface area (Å²) in [6, 6.07) is 15.5. The molecule has 2 aromatic carbocycles. The monoisotopic (exact) mass is 440 g/mol. The standard InChI is InChI=1S/C22H21BrN2O3/c1-3-25-22(18(23)14-24-25)19(26)11-9-16-10-12-20(21(13-16)27-2)28-15-17-7-5-4-6-8-17/h4-14H,3,15H2,1-2H3/b11-9+. The Balaban J connectivity index is 1.73. The quantitative estimate of drug-likeness (QED) is 0.359. The van der Waals surface area contributed by atoms with Crippen LogP contribution in [0.1, 0.15) is 28.5 Å². The molecule has 0 atom stereocenters. The molecule has 0 N–H and O–H groups in total. The van der Waals surface area contributed by atoms with E-state index >= 15 is 0 Å². The second kappa shape index (κ2) is 9.37. The van der Waals surface area contributed by atoms with Gasteiger partial charge in [-0.2, -0.15) is 5.10 Å². The molecule has 0 saturated carbocycles. The Morgan fingerprint density at radius 2 is 1.96 bits per heavy atom. The molecular formula is C22H21BrN2O3. The first-order valence-corrected chi connectivity index (χ1v) is 9.70. The number of ketones is 1. The molecule has 0 amide bonds. The van der Waals surface area contributed by atoms with Crippen molar-refractivity contribution in [2.24, 2.45) is 0 Å². The maximum atomic E-state index is 12.5. The van der Waals surface area contributed by atoms with Crippen molar-refractivity contribution in [1.82, 2.24) is 9.78 Å². The Labute approximate surface area is 172 Å². The normalized spacial score (nSPS) is 11.0. The van der Waals surface area contributed by atoms with E-state index in [1.54, 1.807) is 24.1 Å². The maximum absolute atomic E-state index is 12.5. The zero-order valence-corrected chi connectivity index (χ0v) is 17.3. The number of allylic oxidation sites excluding steroid dienone is 1. The molecule has 5 nitrogen and oxygen atoms in total. The molecule has 28 heavy (non-hydrogen) atoms. The van der Waals surface area contributed by atoms with Gasteiger partial charge in [0.15, 0.2) is 11.5 Å². The number of hydrogen-bond donors (Lipinski definition) is 0. The molecule has 0 radical (unpaired) electrons. The second-order valence-corrected chi connectivity index (χ2v) is 6.89. The predicted molar refractivity (Wildman–Crippen MR) is 113 cm³/mol. The minimum Gasteiger partial charge on any atom is -0.493 e. The smallest absolute Gasteiger partial charge is 0.205 e. The van der Waals surface area contributed by atoms with E-state index in [2.05, 4.69) is 21.0 Å². The van der Waals surface area contributed by atoms with E-state index in [9.17, 15) is 4.79 Å². The van der Waals surface area contributed by atoms with Crippen LogP contribution in [-0.2, 0) is 13.2 Å². The fraction of sp³-hybridized carbons (Fsp3) is 0.182. The van der Waals surface area contributed by atoms with Crippen molar-refractivity contribution >= 4 is 27.8 Å². The Morgan fingerprint density at radius 3 is 2.68 bits per heavy atom. The number of benzene rings is 2. The van der Waals surface area contributed by atoms with Crippen LogP contribution in [0.4, 0.5) is 0 Å². The van der Waals surface area contributed by atoms with Crippen LogP contribution in [0.3, 0.4) is 0 Å². The number of ether oxygens (including phenoxy) is 2. The summed E-state index contributed by atoms with van der Waals surface area (Å²) >= 11 is 3.38. The first-order chi connectivity index (χ1) is 13.6. The number of methoxy groups -OCH3 is 1. The van der Waals surface area contributed by atoms with E-state index in [0.29, 0.717) is 34.8 Å². The number of hydrogen-bond acceptors (Lipinski definition) is 4. The summed E-state index contributed by atoms with van der Waals surface area (Å²) in [5, 5.41) is 4.17. The second-order valence-electron chi connectivity index (χ2n) is 6.04. The molecule has 0 saturated heterocycles. The molecule has 0 aliphatic heterocycles. The number of nitrogens with zero attached hydrogens (tertiary/aromatic N) is 2. The van der Waals surface area contributed by atoms with Crippen molar-refractivity contribution in [3.05, 3.63) is 82.1 Å². The first kappa shape index (κ1) is 19.9. The van der Waals surface area contributed by atoms with Gasteiger partial charge in [0.2, 0.25) is 5.78 Å². The van der Waals surface area contributed by atoms with Crippen molar-refractivity contribution in [2.75, 3.05) is 7.11 Å². The van der Waals surface area contributed by atoms with Gasteiger partial charge in [0, 0.05) is 6.54 Å². The van der Waals surface area contributed by atoms with E-state index in [1.807, 2.05) is 55.5 Å². The highest BCUT2D eigenvalue weighted by atomic mass is 79.9. The van der Waals surface area contributed by atoms with Crippen molar-refractivity contribution in [3.8, 4) is 11.5 Å². The zero-order valence-electron chi connectivity index (χ0n) is 15.8. The molecule has 0 fully saturated rings. The van der Waals surface area contributed by atoms with Crippen LogP contribution < -0.4 is 9.47 Å². The van der Waals surface area contributed by atoms with Crippen molar-refractivity contribution in [2.45, 2.75) is 20.1 Å². The molecule has 0 spiro atoms. The Kier molecular flexibility index (Phi) is 6.66. The van der Waals surface area contributed by atoms with Gasteiger partial charge in [0.05, 0.1) is 17.8 Å². The minimum absolute atomic E-state index is 0.116. The molecule has 0 bridgehead atoms. The van der Waals surface area contributed by atoms with E-state index in [-0.39, 0.29) is 5.78 Å². The van der Waals surface area contributed by atoms with Crippen LogP contribution in [0, 0.1) is 0 Å². The lowest BCUT2D eigenvalue weighted by Crippen LogP contribution is -2.07. The molecule has 3 aromatic rings. The van der Waals surface area contributed by atoms with Crippen molar-refractivity contribution in [1.29, 1.82) is 0 Å². The van der Waals surface area contributed by atoms with Gasteiger partial charge < -0.3 is 9.47 Å². The highest BCUT2D eigenvalue weighted by Gasteiger charge is 2.14. The van der Waals surface area contributed by atoms with Gasteiger partial charge in [-0.05, 0) is 52.2 Å². The van der Waals surface area contributed by atoms with Crippen LogP contribution in [0.15, 0.2) is 65.3 Å². The van der Waals surface area contributed by atoms with Crippen LogP contribution in [0.2, 0.25) is 0 Å². The molecule has 1 aromatic heterocycles. The molecule has 0 aliphatic rings. The molecule has 1 heterocycles. The van der Waals surface area contributed by atoms with E-state index in [1.165, 1.54) is 6.08 Å². The summed E-state index contributed by atoms with van der Waals surface area (Å²) in [6.45, 7) is 3.03.